The highest BCUT2D eigenvalue weighted by Gasteiger charge is 2.43. The van der Waals surface area contributed by atoms with Crippen LogP contribution >= 0.6 is 0 Å². The Labute approximate surface area is 344 Å². The zero-order chi connectivity index (χ0) is 40.2. The number of rotatable bonds is 37. The topological polar surface area (TPSA) is 91.4 Å². The van der Waals surface area contributed by atoms with Crippen LogP contribution in [0.3, 0.4) is 0 Å². The standard InChI is InChI=1S/C48H87NO7/c1-5-7-9-11-15-21-27-39-35-41(39)29-23-17-13-19-25-31-46(51)55-44-38-53-43(37-54-45(50)33-34-49(3)4)48(44)56-47(52)32-26-20-14-18-24-30-42-36-40(42)28-22-16-12-10-8-6-2/h39-44,48H,5-38H2,1-4H3/t39?,40?,41?,42?,43-,44?,48+/m1/s1. The highest BCUT2D eigenvalue weighted by atomic mass is 16.6. The number of hydrogen-bond acceptors (Lipinski definition) is 8. The molecule has 0 aromatic heterocycles. The molecule has 0 spiro atoms. The van der Waals surface area contributed by atoms with E-state index in [1.807, 2.05) is 19.0 Å². The monoisotopic (exact) mass is 790 g/mol. The molecule has 326 valence electrons. The maximum Gasteiger partial charge on any atom is 0.307 e. The first-order valence-corrected chi connectivity index (χ1v) is 24.1. The molecule has 0 N–H and O–H groups in total. The third-order valence-electron chi connectivity index (χ3n) is 12.8. The summed E-state index contributed by atoms with van der Waals surface area (Å²) in [5.41, 5.74) is 0. The fraction of sp³-hybridized carbons (Fsp3) is 0.938. The van der Waals surface area contributed by atoms with Gasteiger partial charge >= 0.3 is 17.9 Å². The van der Waals surface area contributed by atoms with Gasteiger partial charge in [-0.1, -0.05) is 168 Å². The Kier molecular flexibility index (Phi) is 26.4. The number of ether oxygens (including phenoxy) is 4. The summed E-state index contributed by atoms with van der Waals surface area (Å²) in [6.45, 7) is 5.25. The van der Waals surface area contributed by atoms with Gasteiger partial charge in [-0.05, 0) is 63.5 Å². The zero-order valence-electron chi connectivity index (χ0n) is 36.9. The van der Waals surface area contributed by atoms with Crippen molar-refractivity contribution in [2.24, 2.45) is 23.7 Å². The minimum Gasteiger partial charge on any atom is -0.463 e. The van der Waals surface area contributed by atoms with Gasteiger partial charge in [-0.3, -0.25) is 14.4 Å². The second kappa shape index (κ2) is 30.4. The van der Waals surface area contributed by atoms with Crippen LogP contribution < -0.4 is 0 Å². The molecule has 5 unspecified atom stereocenters. The van der Waals surface area contributed by atoms with Crippen molar-refractivity contribution in [1.82, 2.24) is 4.90 Å². The first kappa shape index (κ1) is 48.7. The predicted octanol–water partition coefficient (Wildman–Crippen LogP) is 11.9. The van der Waals surface area contributed by atoms with Gasteiger partial charge in [-0.25, -0.2) is 0 Å². The lowest BCUT2D eigenvalue weighted by atomic mass is 10.0. The Balaban J connectivity index is 1.25. The van der Waals surface area contributed by atoms with Crippen LogP contribution in [0.4, 0.5) is 0 Å². The van der Waals surface area contributed by atoms with E-state index in [0.29, 0.717) is 19.4 Å². The van der Waals surface area contributed by atoms with E-state index in [9.17, 15) is 14.4 Å². The van der Waals surface area contributed by atoms with Crippen molar-refractivity contribution in [2.45, 2.75) is 231 Å². The molecule has 3 fully saturated rings. The number of hydrogen-bond donors (Lipinski definition) is 0. The fourth-order valence-corrected chi connectivity index (χ4v) is 8.86. The van der Waals surface area contributed by atoms with Crippen LogP contribution in [0.5, 0.6) is 0 Å². The SMILES string of the molecule is CCCCCCCCC1CC1CCCCCCCC(=O)OC1CO[C@H](COC(=O)CCN(C)C)[C@@H]1OC(=O)CCCCCCCC1CC1CCCCCCCC. The van der Waals surface area contributed by atoms with Crippen LogP contribution in [0.2, 0.25) is 0 Å². The van der Waals surface area contributed by atoms with Gasteiger partial charge in [0.05, 0.1) is 13.0 Å². The van der Waals surface area contributed by atoms with Gasteiger partial charge in [0.15, 0.2) is 12.2 Å². The summed E-state index contributed by atoms with van der Waals surface area (Å²) in [4.78, 5) is 40.1. The zero-order valence-corrected chi connectivity index (χ0v) is 36.9. The minimum absolute atomic E-state index is 0.0281. The van der Waals surface area contributed by atoms with Gasteiger partial charge < -0.3 is 23.8 Å². The molecule has 8 heteroatoms. The normalized spacial score (nSPS) is 24.1. The molecule has 3 aliphatic rings. The smallest absolute Gasteiger partial charge is 0.307 e. The molecule has 3 rings (SSSR count). The van der Waals surface area contributed by atoms with Gasteiger partial charge in [0.2, 0.25) is 0 Å². The Morgan fingerprint density at radius 2 is 0.929 bits per heavy atom. The lowest BCUT2D eigenvalue weighted by Gasteiger charge is -2.23. The van der Waals surface area contributed by atoms with Crippen molar-refractivity contribution in [2.75, 3.05) is 33.9 Å². The quantitative estimate of drug-likeness (QED) is 0.0349. The van der Waals surface area contributed by atoms with Crippen LogP contribution in [0.25, 0.3) is 0 Å². The summed E-state index contributed by atoms with van der Waals surface area (Å²) in [7, 11) is 3.81. The van der Waals surface area contributed by atoms with Gasteiger partial charge in [0.1, 0.15) is 12.7 Å². The third-order valence-corrected chi connectivity index (χ3v) is 12.8. The van der Waals surface area contributed by atoms with Crippen LogP contribution in [-0.2, 0) is 33.3 Å². The summed E-state index contributed by atoms with van der Waals surface area (Å²) in [6.07, 6.45) is 35.0. The second-order valence-corrected chi connectivity index (χ2v) is 18.3. The number of carbonyl (C=O) groups excluding carboxylic acids is 3. The average molecular weight is 790 g/mol. The first-order chi connectivity index (χ1) is 27.3. The Bertz CT molecular complexity index is 1030. The van der Waals surface area contributed by atoms with Crippen LogP contribution in [0.15, 0.2) is 0 Å². The summed E-state index contributed by atoms with van der Waals surface area (Å²) < 4.78 is 23.1. The van der Waals surface area contributed by atoms with E-state index in [4.69, 9.17) is 18.9 Å². The lowest BCUT2D eigenvalue weighted by molar-refractivity contribution is -0.168. The molecule has 0 amide bonds. The Morgan fingerprint density at radius 1 is 0.518 bits per heavy atom. The highest BCUT2D eigenvalue weighted by molar-refractivity contribution is 5.71. The van der Waals surface area contributed by atoms with Gasteiger partial charge in [-0.2, -0.15) is 0 Å². The van der Waals surface area contributed by atoms with Gasteiger partial charge in [-0.15, -0.1) is 0 Å². The fourth-order valence-electron chi connectivity index (χ4n) is 8.86. The van der Waals surface area contributed by atoms with Crippen molar-refractivity contribution in [3.05, 3.63) is 0 Å². The van der Waals surface area contributed by atoms with Gasteiger partial charge in [0, 0.05) is 19.4 Å². The van der Waals surface area contributed by atoms with Crippen molar-refractivity contribution in [3.63, 3.8) is 0 Å². The maximum atomic E-state index is 13.0. The minimum atomic E-state index is -0.775. The third kappa shape index (κ3) is 23.1. The lowest BCUT2D eigenvalue weighted by Crippen LogP contribution is -2.40. The van der Waals surface area contributed by atoms with E-state index < -0.39 is 18.3 Å². The molecule has 2 saturated carbocycles. The average Bonchev–Trinajstić information content (AvgIpc) is 4.09. The number of carbonyl (C=O) groups is 3. The molecular formula is C48H87NO7. The van der Waals surface area contributed by atoms with Crippen molar-refractivity contribution >= 4 is 17.9 Å². The van der Waals surface area contributed by atoms with E-state index >= 15 is 0 Å². The van der Waals surface area contributed by atoms with Crippen LogP contribution in [0.1, 0.15) is 213 Å². The molecule has 1 aliphatic heterocycles. The molecule has 0 radical (unpaired) electrons. The predicted molar refractivity (Wildman–Crippen MR) is 227 cm³/mol. The molecule has 0 aromatic carbocycles. The highest BCUT2D eigenvalue weighted by Crippen LogP contribution is 2.46. The molecule has 1 heterocycles. The molecule has 56 heavy (non-hydrogen) atoms. The molecule has 0 aromatic rings. The Hall–Kier alpha value is -1.67. The second-order valence-electron chi connectivity index (χ2n) is 18.3. The summed E-state index contributed by atoms with van der Waals surface area (Å²) in [6, 6.07) is 0. The van der Waals surface area contributed by atoms with Crippen molar-refractivity contribution < 1.29 is 33.3 Å². The molecule has 1 saturated heterocycles. The number of unbranched alkanes of at least 4 members (excludes halogenated alkanes) is 18. The van der Waals surface area contributed by atoms with Crippen LogP contribution in [-0.4, -0.2) is 75.0 Å². The van der Waals surface area contributed by atoms with E-state index in [-0.39, 0.29) is 37.5 Å². The van der Waals surface area contributed by atoms with E-state index in [1.165, 1.54) is 141 Å². The largest absolute Gasteiger partial charge is 0.463 e. The van der Waals surface area contributed by atoms with E-state index in [1.54, 1.807) is 0 Å². The van der Waals surface area contributed by atoms with Crippen molar-refractivity contribution in [1.29, 1.82) is 0 Å². The van der Waals surface area contributed by atoms with Gasteiger partial charge in [0.25, 0.3) is 0 Å². The Morgan fingerprint density at radius 3 is 1.38 bits per heavy atom. The first-order valence-electron chi connectivity index (χ1n) is 24.1. The maximum absolute atomic E-state index is 13.0. The van der Waals surface area contributed by atoms with Crippen LogP contribution in [0, 0.1) is 23.7 Å². The molecular weight excluding hydrogens is 703 g/mol. The summed E-state index contributed by atoms with van der Waals surface area (Å²) in [5.74, 6) is 3.01. The molecule has 7 atom stereocenters. The van der Waals surface area contributed by atoms with Crippen molar-refractivity contribution in [3.8, 4) is 0 Å². The summed E-state index contributed by atoms with van der Waals surface area (Å²) >= 11 is 0. The van der Waals surface area contributed by atoms with E-state index in [2.05, 4.69) is 13.8 Å². The number of nitrogens with zero attached hydrogens (tertiary/aromatic N) is 1. The molecule has 2 aliphatic carbocycles. The number of esters is 3. The van der Waals surface area contributed by atoms with E-state index in [0.717, 1.165) is 62.2 Å². The molecule has 0 bridgehead atoms. The summed E-state index contributed by atoms with van der Waals surface area (Å²) in [5, 5.41) is 0. The molecule has 8 nitrogen and oxygen atoms in total.